The number of anilines is 2. The summed E-state index contributed by atoms with van der Waals surface area (Å²) in [6.45, 7) is 2.76. The molecule has 1 aliphatic heterocycles. The number of hydrogen-bond donors (Lipinski definition) is 3. The van der Waals surface area contributed by atoms with E-state index in [9.17, 15) is 18.4 Å². The number of aromatic nitrogens is 2. The largest absolute Gasteiger partial charge is 0.436 e. The van der Waals surface area contributed by atoms with Crippen LogP contribution in [0, 0.1) is 11.6 Å². The van der Waals surface area contributed by atoms with Crippen molar-refractivity contribution in [3.05, 3.63) is 72.1 Å². The zero-order valence-electron chi connectivity index (χ0n) is 20.4. The number of ether oxygens (including phenoxy) is 1. The lowest BCUT2D eigenvalue weighted by molar-refractivity contribution is -0.119. The number of benzene rings is 2. The Kier molecular flexibility index (Phi) is 8.71. The maximum atomic E-state index is 14.7. The summed E-state index contributed by atoms with van der Waals surface area (Å²) in [5.74, 6) is -1.37. The van der Waals surface area contributed by atoms with E-state index in [1.54, 1.807) is 4.90 Å². The molecule has 0 spiro atoms. The predicted octanol–water partition coefficient (Wildman–Crippen LogP) is 3.38. The normalized spacial score (nSPS) is 13.5. The zero-order valence-corrected chi connectivity index (χ0v) is 21.2. The molecule has 0 atom stereocenters. The highest BCUT2D eigenvalue weighted by Gasteiger charge is 2.19. The average molecular weight is 542 g/mol. The molecule has 3 aromatic rings. The first-order valence-corrected chi connectivity index (χ1v) is 12.1. The number of halogens is 2. The van der Waals surface area contributed by atoms with Gasteiger partial charge in [0.05, 0.1) is 6.42 Å². The summed E-state index contributed by atoms with van der Waals surface area (Å²) in [5, 5.41) is 7.89. The van der Waals surface area contributed by atoms with E-state index in [0.717, 1.165) is 19.2 Å². The Labute approximate surface area is 223 Å². The molecule has 0 aliphatic carbocycles. The molecule has 1 aliphatic rings. The minimum absolute atomic E-state index is 0.0000107. The number of urea groups is 1. The van der Waals surface area contributed by atoms with Gasteiger partial charge in [0.15, 0.2) is 16.7 Å². The second-order valence-corrected chi connectivity index (χ2v) is 8.92. The number of carbonyl (C=O) groups is 2. The van der Waals surface area contributed by atoms with Gasteiger partial charge >= 0.3 is 6.03 Å². The first-order valence-electron chi connectivity index (χ1n) is 11.6. The molecule has 1 saturated heterocycles. The van der Waals surface area contributed by atoms with Gasteiger partial charge < -0.3 is 25.2 Å². The van der Waals surface area contributed by atoms with Crippen molar-refractivity contribution in [2.45, 2.75) is 6.42 Å². The van der Waals surface area contributed by atoms with Crippen molar-refractivity contribution in [1.29, 1.82) is 0 Å². The molecule has 198 valence electrons. The van der Waals surface area contributed by atoms with Crippen molar-refractivity contribution in [2.75, 3.05) is 43.9 Å². The third-order valence-electron chi connectivity index (χ3n) is 5.60. The predicted molar refractivity (Wildman–Crippen MR) is 141 cm³/mol. The van der Waals surface area contributed by atoms with Gasteiger partial charge in [-0.2, -0.15) is 0 Å². The van der Waals surface area contributed by atoms with Gasteiger partial charge in [0.1, 0.15) is 18.0 Å². The van der Waals surface area contributed by atoms with Gasteiger partial charge in [0.25, 0.3) is 0 Å². The van der Waals surface area contributed by atoms with Gasteiger partial charge in [-0.05, 0) is 49.1 Å². The second-order valence-electron chi connectivity index (χ2n) is 8.51. The van der Waals surface area contributed by atoms with Crippen LogP contribution in [0.1, 0.15) is 5.56 Å². The summed E-state index contributed by atoms with van der Waals surface area (Å²) in [6.07, 6.45) is 1.20. The molecule has 2 aromatic carbocycles. The first-order chi connectivity index (χ1) is 18.2. The quantitative estimate of drug-likeness (QED) is 0.408. The van der Waals surface area contributed by atoms with Crippen LogP contribution in [0.25, 0.3) is 0 Å². The third kappa shape index (κ3) is 7.63. The molecule has 0 saturated carbocycles. The molecule has 3 N–H and O–H groups in total. The zero-order chi connectivity index (χ0) is 27.1. The summed E-state index contributed by atoms with van der Waals surface area (Å²) in [6, 6.07) is 10.7. The van der Waals surface area contributed by atoms with Crippen LogP contribution < -0.4 is 20.7 Å². The van der Waals surface area contributed by atoms with Gasteiger partial charge in [-0.1, -0.05) is 12.1 Å². The minimum Gasteiger partial charge on any atom is -0.436 e. The number of likely N-dealkylation sites (N-methyl/N-ethyl adjacent to an activating group) is 1. The molecule has 4 rings (SSSR count). The Morgan fingerprint density at radius 1 is 1.00 bits per heavy atom. The molecule has 1 aromatic heterocycles. The van der Waals surface area contributed by atoms with Gasteiger partial charge in [-0.3, -0.25) is 10.1 Å². The van der Waals surface area contributed by atoms with Crippen molar-refractivity contribution in [3.63, 3.8) is 0 Å². The van der Waals surface area contributed by atoms with Crippen LogP contribution >= 0.6 is 12.2 Å². The lowest BCUT2D eigenvalue weighted by Gasteiger charge is -2.32. The van der Waals surface area contributed by atoms with E-state index in [2.05, 4.69) is 30.8 Å². The SMILES string of the molecule is CN1CCN(C(=O)Nc2cc(Oc3ccc(NC(=S)NC(=O)Cc4ccc(F)cc4)cc3F)ncn2)CC1. The van der Waals surface area contributed by atoms with Crippen molar-refractivity contribution in [1.82, 2.24) is 25.1 Å². The molecular formula is C25H25F2N7O3S. The first kappa shape index (κ1) is 26.8. The number of hydrogen-bond acceptors (Lipinski definition) is 7. The number of rotatable bonds is 6. The standard InChI is InChI=1S/C25H25F2N7O3S/c1-33-8-10-34(11-9-33)25(36)31-21-14-23(29-15-28-21)37-20-7-6-18(13-19(20)27)30-24(38)32-22(35)12-16-2-4-17(26)5-3-16/h2-7,13-15H,8-12H2,1H3,(H,28,29,31,36)(H2,30,32,35,38). The maximum Gasteiger partial charge on any atom is 0.323 e. The fourth-order valence-corrected chi connectivity index (χ4v) is 3.79. The van der Waals surface area contributed by atoms with Gasteiger partial charge in [0.2, 0.25) is 11.8 Å². The van der Waals surface area contributed by atoms with Crippen LogP contribution in [-0.2, 0) is 11.2 Å². The molecule has 0 unspecified atom stereocenters. The molecule has 1 fully saturated rings. The Morgan fingerprint density at radius 2 is 1.74 bits per heavy atom. The topological polar surface area (TPSA) is 112 Å². The number of carbonyl (C=O) groups excluding carboxylic acids is 2. The highest BCUT2D eigenvalue weighted by Crippen LogP contribution is 2.26. The number of amides is 3. The molecule has 2 heterocycles. The third-order valence-corrected chi connectivity index (χ3v) is 5.81. The fourth-order valence-electron chi connectivity index (χ4n) is 3.56. The van der Waals surface area contributed by atoms with Crippen LogP contribution in [0.5, 0.6) is 11.6 Å². The Hall–Kier alpha value is -4.23. The van der Waals surface area contributed by atoms with E-state index in [1.807, 2.05) is 7.05 Å². The van der Waals surface area contributed by atoms with Crippen LogP contribution in [0.15, 0.2) is 54.9 Å². The molecule has 13 heteroatoms. The Morgan fingerprint density at radius 3 is 2.45 bits per heavy atom. The van der Waals surface area contributed by atoms with Crippen LogP contribution in [0.3, 0.4) is 0 Å². The van der Waals surface area contributed by atoms with E-state index in [1.165, 1.54) is 48.8 Å². The van der Waals surface area contributed by atoms with Gasteiger partial charge in [-0.25, -0.2) is 23.5 Å². The van der Waals surface area contributed by atoms with Crippen LogP contribution in [0.4, 0.5) is 25.1 Å². The highest BCUT2D eigenvalue weighted by atomic mass is 32.1. The molecule has 38 heavy (non-hydrogen) atoms. The van der Waals surface area contributed by atoms with Crippen molar-refractivity contribution in [3.8, 4) is 11.6 Å². The van der Waals surface area contributed by atoms with Crippen molar-refractivity contribution in [2.24, 2.45) is 0 Å². The van der Waals surface area contributed by atoms with E-state index in [4.69, 9.17) is 17.0 Å². The van der Waals surface area contributed by atoms with Crippen LogP contribution in [-0.4, -0.2) is 70.0 Å². The van der Waals surface area contributed by atoms with Crippen molar-refractivity contribution >= 4 is 40.8 Å². The lowest BCUT2D eigenvalue weighted by Crippen LogP contribution is -2.48. The number of thiocarbonyl (C=S) groups is 1. The molecule has 3 amide bonds. The summed E-state index contributed by atoms with van der Waals surface area (Å²) < 4.78 is 33.2. The molecule has 10 nitrogen and oxygen atoms in total. The maximum absolute atomic E-state index is 14.7. The summed E-state index contributed by atoms with van der Waals surface area (Å²) >= 11 is 5.12. The number of piperazine rings is 1. The Balaban J connectivity index is 1.30. The average Bonchev–Trinajstić information content (AvgIpc) is 2.87. The molecule has 0 radical (unpaired) electrons. The van der Waals surface area contributed by atoms with E-state index in [-0.39, 0.29) is 40.7 Å². The van der Waals surface area contributed by atoms with E-state index in [0.29, 0.717) is 18.7 Å². The summed E-state index contributed by atoms with van der Waals surface area (Å²) in [7, 11) is 2.00. The van der Waals surface area contributed by atoms with Gasteiger partial charge in [-0.15, -0.1) is 0 Å². The smallest absolute Gasteiger partial charge is 0.323 e. The second kappa shape index (κ2) is 12.3. The van der Waals surface area contributed by atoms with Crippen molar-refractivity contribution < 1.29 is 23.1 Å². The monoisotopic (exact) mass is 541 g/mol. The summed E-state index contributed by atoms with van der Waals surface area (Å²) in [4.78, 5) is 36.4. The summed E-state index contributed by atoms with van der Waals surface area (Å²) in [5.41, 5.74) is 0.899. The van der Waals surface area contributed by atoms with E-state index < -0.39 is 17.5 Å². The molecular weight excluding hydrogens is 516 g/mol. The minimum atomic E-state index is -0.711. The van der Waals surface area contributed by atoms with Crippen LogP contribution in [0.2, 0.25) is 0 Å². The van der Waals surface area contributed by atoms with E-state index >= 15 is 0 Å². The fraction of sp³-hybridized carbons (Fsp3) is 0.240. The Bertz CT molecular complexity index is 1320. The molecule has 0 bridgehead atoms. The van der Waals surface area contributed by atoms with Gasteiger partial charge in [0, 0.05) is 44.0 Å². The highest BCUT2D eigenvalue weighted by molar-refractivity contribution is 7.80. The lowest BCUT2D eigenvalue weighted by atomic mass is 10.1. The number of nitrogens with one attached hydrogen (secondary N) is 3. The number of nitrogens with zero attached hydrogens (tertiary/aromatic N) is 4.